The van der Waals surface area contributed by atoms with E-state index in [0.29, 0.717) is 17.1 Å². The molecule has 1 aromatic heterocycles. The van der Waals surface area contributed by atoms with E-state index in [1.54, 1.807) is 6.21 Å². The van der Waals surface area contributed by atoms with Gasteiger partial charge in [0.1, 0.15) is 5.15 Å². The lowest BCUT2D eigenvalue weighted by atomic mass is 10.1. The number of aromatic nitrogens is 1. The molecule has 1 aromatic carbocycles. The van der Waals surface area contributed by atoms with E-state index in [4.69, 9.17) is 11.6 Å². The molecule has 2 aromatic rings. The Labute approximate surface area is 153 Å². The van der Waals surface area contributed by atoms with Crippen LogP contribution >= 0.6 is 11.6 Å². The third-order valence-electron chi connectivity index (χ3n) is 4.45. The van der Waals surface area contributed by atoms with Crippen LogP contribution < -0.4 is 5.43 Å². The summed E-state index contributed by atoms with van der Waals surface area (Å²) in [4.78, 5) is 18.6. The molecule has 0 spiro atoms. The van der Waals surface area contributed by atoms with E-state index in [1.165, 1.54) is 19.3 Å². The summed E-state index contributed by atoms with van der Waals surface area (Å²) in [5.74, 6) is -0.0812. The van der Waals surface area contributed by atoms with Gasteiger partial charge >= 0.3 is 0 Å². The van der Waals surface area contributed by atoms with Gasteiger partial charge in [0.25, 0.3) is 0 Å². The minimum absolute atomic E-state index is 0.0812. The molecule has 1 fully saturated rings. The predicted molar refractivity (Wildman–Crippen MR) is 102 cm³/mol. The highest BCUT2D eigenvalue weighted by atomic mass is 35.5. The summed E-state index contributed by atoms with van der Waals surface area (Å²) in [7, 11) is 0. The molecule has 2 heterocycles. The van der Waals surface area contributed by atoms with Crippen molar-refractivity contribution in [3.63, 3.8) is 0 Å². The van der Waals surface area contributed by atoms with Crippen molar-refractivity contribution in [2.75, 3.05) is 19.6 Å². The van der Waals surface area contributed by atoms with Crippen molar-refractivity contribution in [3.05, 3.63) is 40.5 Å². The number of amides is 1. The van der Waals surface area contributed by atoms with Crippen LogP contribution in [0.5, 0.6) is 0 Å². The van der Waals surface area contributed by atoms with Crippen LogP contribution in [0.4, 0.5) is 0 Å². The monoisotopic (exact) mass is 358 g/mol. The number of hydrazone groups is 1. The van der Waals surface area contributed by atoms with Gasteiger partial charge in [-0.3, -0.25) is 4.79 Å². The Morgan fingerprint density at radius 2 is 2.12 bits per heavy atom. The fourth-order valence-corrected chi connectivity index (χ4v) is 3.23. The molecule has 6 heteroatoms. The first kappa shape index (κ1) is 17.8. The van der Waals surface area contributed by atoms with E-state index >= 15 is 0 Å². The topological polar surface area (TPSA) is 57.6 Å². The molecule has 0 bridgehead atoms. The number of hydrogen-bond acceptors (Lipinski definition) is 4. The summed E-state index contributed by atoms with van der Waals surface area (Å²) < 4.78 is 0. The molecule has 5 nitrogen and oxygen atoms in total. The van der Waals surface area contributed by atoms with E-state index < -0.39 is 0 Å². The highest BCUT2D eigenvalue weighted by Gasteiger charge is 2.11. The molecule has 1 aliphatic rings. The number of fused-ring (bicyclic) bond motifs is 1. The van der Waals surface area contributed by atoms with Crippen LogP contribution in [-0.4, -0.2) is 41.6 Å². The lowest BCUT2D eigenvalue weighted by Crippen LogP contribution is -2.33. The van der Waals surface area contributed by atoms with Gasteiger partial charge in [0.2, 0.25) is 5.91 Å². The number of hydrogen-bond donors (Lipinski definition) is 1. The number of likely N-dealkylation sites (tertiary alicyclic amines) is 1. The lowest BCUT2D eigenvalue weighted by Gasteiger charge is -2.25. The van der Waals surface area contributed by atoms with Crippen LogP contribution in [0.2, 0.25) is 5.15 Å². The van der Waals surface area contributed by atoms with Gasteiger partial charge in [-0.1, -0.05) is 30.2 Å². The zero-order valence-corrected chi connectivity index (χ0v) is 15.2. The van der Waals surface area contributed by atoms with Gasteiger partial charge in [-0.15, -0.1) is 0 Å². The van der Waals surface area contributed by atoms with E-state index in [1.807, 2.05) is 31.2 Å². The van der Waals surface area contributed by atoms with Gasteiger partial charge < -0.3 is 4.90 Å². The number of pyridine rings is 1. The molecule has 1 aliphatic heterocycles. The first-order valence-electron chi connectivity index (χ1n) is 8.73. The second kappa shape index (κ2) is 8.41. The third kappa shape index (κ3) is 5.00. The number of carbonyl (C=O) groups is 1. The molecular formula is C19H23ClN4O. The first-order valence-corrected chi connectivity index (χ1v) is 9.11. The summed E-state index contributed by atoms with van der Waals surface area (Å²) in [5, 5.41) is 5.40. The lowest BCUT2D eigenvalue weighted by molar-refractivity contribution is -0.121. The number of aryl methyl sites for hydroxylation is 1. The SMILES string of the molecule is Cc1ccc2cc(/C=N/NC(=O)CCN3CCCCC3)c(Cl)nc2c1. The summed E-state index contributed by atoms with van der Waals surface area (Å²) in [5.41, 5.74) is 5.25. The van der Waals surface area contributed by atoms with Crippen LogP contribution in [0, 0.1) is 6.92 Å². The highest BCUT2D eigenvalue weighted by Crippen LogP contribution is 2.20. The van der Waals surface area contributed by atoms with Crippen molar-refractivity contribution < 1.29 is 4.79 Å². The Hall–Kier alpha value is -1.98. The average Bonchev–Trinajstić information content (AvgIpc) is 2.61. The number of benzene rings is 1. The molecule has 25 heavy (non-hydrogen) atoms. The predicted octanol–water partition coefficient (Wildman–Crippen LogP) is 3.52. The quantitative estimate of drug-likeness (QED) is 0.505. The zero-order chi connectivity index (χ0) is 17.6. The molecule has 1 amide bonds. The summed E-state index contributed by atoms with van der Waals surface area (Å²) in [6, 6.07) is 7.95. The number of carbonyl (C=O) groups excluding carboxylic acids is 1. The first-order chi connectivity index (χ1) is 12.1. The highest BCUT2D eigenvalue weighted by molar-refractivity contribution is 6.32. The van der Waals surface area contributed by atoms with Crippen LogP contribution in [0.25, 0.3) is 10.9 Å². The zero-order valence-electron chi connectivity index (χ0n) is 14.5. The second-order valence-corrected chi connectivity index (χ2v) is 6.87. The van der Waals surface area contributed by atoms with Crippen LogP contribution in [-0.2, 0) is 4.79 Å². The van der Waals surface area contributed by atoms with E-state index in [2.05, 4.69) is 20.4 Å². The minimum atomic E-state index is -0.0812. The normalized spacial score (nSPS) is 15.8. The number of halogens is 1. The molecule has 132 valence electrons. The molecular weight excluding hydrogens is 336 g/mol. The van der Waals surface area contributed by atoms with Crippen molar-refractivity contribution >= 4 is 34.6 Å². The molecule has 1 N–H and O–H groups in total. The van der Waals surface area contributed by atoms with Gasteiger partial charge in [0, 0.05) is 23.9 Å². The number of piperidine rings is 1. The maximum Gasteiger partial charge on any atom is 0.241 e. The molecule has 0 aliphatic carbocycles. The van der Waals surface area contributed by atoms with Crippen molar-refractivity contribution in [1.82, 2.24) is 15.3 Å². The van der Waals surface area contributed by atoms with Crippen LogP contribution in [0.3, 0.4) is 0 Å². The largest absolute Gasteiger partial charge is 0.303 e. The Morgan fingerprint density at radius 3 is 2.92 bits per heavy atom. The Bertz CT molecular complexity index is 784. The summed E-state index contributed by atoms with van der Waals surface area (Å²) in [6.45, 7) is 4.99. The summed E-state index contributed by atoms with van der Waals surface area (Å²) in [6.07, 6.45) is 5.76. The van der Waals surface area contributed by atoms with Crippen molar-refractivity contribution in [1.29, 1.82) is 0 Å². The number of nitrogens with zero attached hydrogens (tertiary/aromatic N) is 3. The maximum atomic E-state index is 11.9. The molecule has 0 saturated carbocycles. The second-order valence-electron chi connectivity index (χ2n) is 6.51. The Kier molecular flexibility index (Phi) is 6.00. The minimum Gasteiger partial charge on any atom is -0.303 e. The molecule has 3 rings (SSSR count). The van der Waals surface area contributed by atoms with E-state index in [9.17, 15) is 4.79 Å². The fourth-order valence-electron chi connectivity index (χ4n) is 3.03. The van der Waals surface area contributed by atoms with Crippen LogP contribution in [0.15, 0.2) is 29.4 Å². The number of nitrogens with one attached hydrogen (secondary N) is 1. The van der Waals surface area contributed by atoms with Gasteiger partial charge in [-0.2, -0.15) is 5.10 Å². The maximum absolute atomic E-state index is 11.9. The fraction of sp³-hybridized carbons (Fsp3) is 0.421. The Morgan fingerprint density at radius 1 is 1.32 bits per heavy atom. The average molecular weight is 359 g/mol. The van der Waals surface area contributed by atoms with Gasteiger partial charge in [0.15, 0.2) is 0 Å². The van der Waals surface area contributed by atoms with Gasteiger partial charge in [0.05, 0.1) is 11.7 Å². The molecule has 0 radical (unpaired) electrons. The standard InChI is InChI=1S/C19H23ClN4O/c1-14-5-6-15-12-16(19(20)22-17(15)11-14)13-21-23-18(25)7-10-24-8-3-2-4-9-24/h5-6,11-13H,2-4,7-10H2,1H3,(H,23,25)/b21-13+. The van der Waals surface area contributed by atoms with Crippen molar-refractivity contribution in [2.45, 2.75) is 32.6 Å². The molecule has 0 atom stereocenters. The summed E-state index contributed by atoms with van der Waals surface area (Å²) >= 11 is 6.21. The Balaban J connectivity index is 1.56. The van der Waals surface area contributed by atoms with Gasteiger partial charge in [-0.25, -0.2) is 10.4 Å². The van der Waals surface area contributed by atoms with E-state index in [-0.39, 0.29) is 5.91 Å². The third-order valence-corrected chi connectivity index (χ3v) is 4.75. The molecule has 0 unspecified atom stereocenters. The van der Waals surface area contributed by atoms with Crippen LogP contribution in [0.1, 0.15) is 36.8 Å². The molecule has 1 saturated heterocycles. The van der Waals surface area contributed by atoms with E-state index in [0.717, 1.165) is 36.1 Å². The smallest absolute Gasteiger partial charge is 0.241 e. The van der Waals surface area contributed by atoms with Crippen molar-refractivity contribution in [2.24, 2.45) is 5.10 Å². The van der Waals surface area contributed by atoms with Gasteiger partial charge in [-0.05, 0) is 50.6 Å². The number of rotatable bonds is 5. The van der Waals surface area contributed by atoms with Crippen molar-refractivity contribution in [3.8, 4) is 0 Å².